The highest BCUT2D eigenvalue weighted by Crippen LogP contribution is 2.23. The topological polar surface area (TPSA) is 57.2 Å². The molecule has 2 N–H and O–H groups in total. The maximum atomic E-state index is 12.4. The van der Waals surface area contributed by atoms with E-state index in [9.17, 15) is 4.79 Å². The number of para-hydroxylation sites is 1. The number of thioether (sulfide) groups is 1. The molecule has 0 saturated heterocycles. The van der Waals surface area contributed by atoms with Crippen molar-refractivity contribution < 1.29 is 4.79 Å². The first-order valence-corrected chi connectivity index (χ1v) is 10.3. The van der Waals surface area contributed by atoms with Gasteiger partial charge < -0.3 is 10.3 Å². The Hall–Kier alpha value is -2.24. The summed E-state index contributed by atoms with van der Waals surface area (Å²) in [7, 11) is 0. The van der Waals surface area contributed by atoms with Crippen LogP contribution >= 0.6 is 23.4 Å². The number of hydrogen-bond donors (Lipinski definition) is 2. The van der Waals surface area contributed by atoms with Gasteiger partial charge in [0.15, 0.2) is 0 Å². The predicted molar refractivity (Wildman–Crippen MR) is 114 cm³/mol. The molecule has 1 aliphatic rings. The number of benzene rings is 2. The van der Waals surface area contributed by atoms with Gasteiger partial charge in [0, 0.05) is 40.8 Å². The lowest BCUT2D eigenvalue weighted by molar-refractivity contribution is -0.121. The maximum Gasteiger partial charge on any atom is 0.245 e. The monoisotopic (exact) mass is 397 g/mol. The van der Waals surface area contributed by atoms with E-state index in [0.29, 0.717) is 12.3 Å². The van der Waals surface area contributed by atoms with Crippen molar-refractivity contribution in [2.24, 2.45) is 4.99 Å². The lowest BCUT2D eigenvalue weighted by atomic mass is 10.1. The number of carbonyl (C=O) groups is 1. The average molecular weight is 398 g/mol. The van der Waals surface area contributed by atoms with Gasteiger partial charge in [0.1, 0.15) is 6.04 Å². The number of H-pyrrole nitrogens is 1. The molecule has 0 spiro atoms. The first-order chi connectivity index (χ1) is 13.2. The Labute approximate surface area is 167 Å². The van der Waals surface area contributed by atoms with Crippen molar-refractivity contribution in [3.8, 4) is 0 Å². The van der Waals surface area contributed by atoms with Crippen molar-refractivity contribution in [1.29, 1.82) is 0 Å². The molecule has 1 aliphatic heterocycles. The molecule has 4 rings (SSSR count). The van der Waals surface area contributed by atoms with Gasteiger partial charge in [-0.05, 0) is 35.7 Å². The normalized spacial score (nSPS) is 16.5. The Morgan fingerprint density at radius 1 is 1.26 bits per heavy atom. The molecule has 2 aromatic carbocycles. The molecule has 1 aromatic heterocycles. The third-order valence-corrected chi connectivity index (χ3v) is 5.92. The number of hydrogen-bond acceptors (Lipinski definition) is 3. The van der Waals surface area contributed by atoms with Crippen LogP contribution in [0.25, 0.3) is 10.9 Å². The number of nitrogens with zero attached hydrogens (tertiary/aromatic N) is 1. The van der Waals surface area contributed by atoms with Gasteiger partial charge in [-0.25, -0.2) is 0 Å². The molecular weight excluding hydrogens is 378 g/mol. The summed E-state index contributed by atoms with van der Waals surface area (Å²) in [6.45, 7) is 0.612. The fraction of sp³-hybridized carbons (Fsp3) is 0.238. The molecule has 0 unspecified atom stereocenters. The lowest BCUT2D eigenvalue weighted by Gasteiger charge is -2.07. The highest BCUT2D eigenvalue weighted by Gasteiger charge is 2.24. The largest absolute Gasteiger partial charge is 0.361 e. The fourth-order valence-electron chi connectivity index (χ4n) is 3.25. The van der Waals surface area contributed by atoms with Crippen molar-refractivity contribution in [3.05, 3.63) is 70.9 Å². The van der Waals surface area contributed by atoms with Gasteiger partial charge in [0.25, 0.3) is 0 Å². The smallest absolute Gasteiger partial charge is 0.245 e. The molecule has 1 atom stereocenters. The average Bonchev–Trinajstić information content (AvgIpc) is 3.29. The fourth-order valence-corrected chi connectivity index (χ4v) is 4.51. The zero-order chi connectivity index (χ0) is 18.6. The van der Waals surface area contributed by atoms with E-state index in [1.54, 1.807) is 11.8 Å². The number of carbonyl (C=O) groups excluding carboxylic acids is 1. The third-order valence-electron chi connectivity index (χ3n) is 4.62. The number of fused-ring (bicyclic) bond motifs is 1. The minimum Gasteiger partial charge on any atom is -0.361 e. The summed E-state index contributed by atoms with van der Waals surface area (Å²) in [5.74, 6) is 0.706. The molecule has 6 heteroatoms. The molecular formula is C21H20ClN3OS. The van der Waals surface area contributed by atoms with Crippen molar-refractivity contribution in [2.45, 2.75) is 18.9 Å². The Morgan fingerprint density at radius 3 is 3.04 bits per heavy atom. The molecule has 3 aromatic rings. The summed E-state index contributed by atoms with van der Waals surface area (Å²) >= 11 is 7.69. The first kappa shape index (κ1) is 18.1. The molecule has 0 radical (unpaired) electrons. The van der Waals surface area contributed by atoms with Crippen LogP contribution in [0.4, 0.5) is 0 Å². The minimum atomic E-state index is -0.299. The second kappa shape index (κ2) is 8.19. The second-order valence-corrected chi connectivity index (χ2v) is 8.09. The SMILES string of the molecule is O=C(NCCc1c[nH]c2ccccc12)[C@@H]1CSC(Cc2cccc(Cl)c2)=N1. The predicted octanol–water partition coefficient (Wildman–Crippen LogP) is 4.24. The quantitative estimate of drug-likeness (QED) is 0.653. The number of halogens is 1. The number of aromatic nitrogens is 1. The zero-order valence-electron chi connectivity index (χ0n) is 14.7. The molecule has 0 saturated carbocycles. The van der Waals surface area contributed by atoms with Gasteiger partial charge in [-0.15, -0.1) is 11.8 Å². The number of aromatic amines is 1. The summed E-state index contributed by atoms with van der Waals surface area (Å²) in [6, 6.07) is 15.7. The van der Waals surface area contributed by atoms with Crippen LogP contribution in [0.15, 0.2) is 59.7 Å². The van der Waals surface area contributed by atoms with Crippen molar-refractivity contribution in [1.82, 2.24) is 10.3 Å². The third kappa shape index (κ3) is 4.37. The van der Waals surface area contributed by atoms with E-state index in [2.05, 4.69) is 27.4 Å². The number of aliphatic imine (C=N–C) groups is 1. The van der Waals surface area contributed by atoms with Crippen LogP contribution in [0.2, 0.25) is 5.02 Å². The van der Waals surface area contributed by atoms with Crippen LogP contribution in [0.1, 0.15) is 11.1 Å². The van der Waals surface area contributed by atoms with Gasteiger partial charge in [0.2, 0.25) is 5.91 Å². The molecule has 138 valence electrons. The summed E-state index contributed by atoms with van der Waals surface area (Å²) in [4.78, 5) is 20.3. The Kier molecular flexibility index (Phi) is 5.50. The van der Waals surface area contributed by atoms with E-state index in [-0.39, 0.29) is 11.9 Å². The molecule has 1 amide bonds. The van der Waals surface area contributed by atoms with Gasteiger partial charge in [-0.3, -0.25) is 9.79 Å². The zero-order valence-corrected chi connectivity index (χ0v) is 16.3. The van der Waals surface area contributed by atoms with Crippen molar-refractivity contribution >= 4 is 45.2 Å². The standard InChI is InChI=1S/C21H20ClN3OS/c22-16-5-3-4-14(10-16)11-20-25-19(13-27-20)21(26)23-9-8-15-12-24-18-7-2-1-6-17(15)18/h1-7,10,12,19,24H,8-9,11,13H2,(H,23,26)/t19-/m0/s1. The molecule has 4 nitrogen and oxygen atoms in total. The molecule has 2 heterocycles. The van der Waals surface area contributed by atoms with E-state index >= 15 is 0 Å². The van der Waals surface area contributed by atoms with Crippen molar-refractivity contribution in [2.75, 3.05) is 12.3 Å². The summed E-state index contributed by atoms with van der Waals surface area (Å²) in [5, 5.41) is 5.96. The second-order valence-electron chi connectivity index (χ2n) is 6.56. The Balaban J connectivity index is 1.30. The van der Waals surface area contributed by atoms with Gasteiger partial charge in [0.05, 0.1) is 5.04 Å². The summed E-state index contributed by atoms with van der Waals surface area (Å²) in [6.07, 6.45) is 3.54. The Morgan fingerprint density at radius 2 is 2.15 bits per heavy atom. The van der Waals surface area contributed by atoms with Crippen LogP contribution in [-0.2, 0) is 17.6 Å². The van der Waals surface area contributed by atoms with E-state index in [4.69, 9.17) is 11.6 Å². The summed E-state index contributed by atoms with van der Waals surface area (Å²) in [5.41, 5.74) is 3.47. The van der Waals surface area contributed by atoms with Gasteiger partial charge >= 0.3 is 0 Å². The van der Waals surface area contributed by atoms with Crippen molar-refractivity contribution in [3.63, 3.8) is 0 Å². The minimum absolute atomic E-state index is 0.00318. The van der Waals surface area contributed by atoms with Crippen LogP contribution in [0.3, 0.4) is 0 Å². The first-order valence-electron chi connectivity index (χ1n) is 8.95. The molecule has 0 aliphatic carbocycles. The van der Waals surface area contributed by atoms with Gasteiger partial charge in [-0.2, -0.15) is 0 Å². The van der Waals surface area contributed by atoms with Crippen LogP contribution in [0.5, 0.6) is 0 Å². The highest BCUT2D eigenvalue weighted by molar-refractivity contribution is 8.14. The molecule has 0 fully saturated rings. The van der Waals surface area contributed by atoms with Gasteiger partial charge in [-0.1, -0.05) is 41.9 Å². The number of nitrogens with one attached hydrogen (secondary N) is 2. The molecule has 27 heavy (non-hydrogen) atoms. The Bertz CT molecular complexity index is 998. The van der Waals surface area contributed by atoms with E-state index in [1.165, 1.54) is 10.9 Å². The van der Waals surface area contributed by atoms with E-state index in [0.717, 1.165) is 34.0 Å². The van der Waals surface area contributed by atoms with Crippen LogP contribution < -0.4 is 5.32 Å². The van der Waals surface area contributed by atoms with E-state index in [1.807, 2.05) is 42.6 Å². The maximum absolute atomic E-state index is 12.4. The number of rotatable bonds is 6. The lowest BCUT2D eigenvalue weighted by Crippen LogP contribution is -2.35. The van der Waals surface area contributed by atoms with Crippen LogP contribution in [-0.4, -0.2) is 34.3 Å². The van der Waals surface area contributed by atoms with Crippen LogP contribution in [0, 0.1) is 0 Å². The summed E-state index contributed by atoms with van der Waals surface area (Å²) < 4.78 is 0. The highest BCUT2D eigenvalue weighted by atomic mass is 35.5. The molecule has 0 bridgehead atoms. The van der Waals surface area contributed by atoms with E-state index < -0.39 is 0 Å². The number of amides is 1.